The Morgan fingerprint density at radius 3 is 1.79 bits per heavy atom. The molecule has 0 atom stereocenters. The van der Waals surface area contributed by atoms with Crippen molar-refractivity contribution in [3.63, 3.8) is 0 Å². The predicted molar refractivity (Wildman–Crippen MR) is 236 cm³/mol. The van der Waals surface area contributed by atoms with E-state index in [0.29, 0.717) is 17.5 Å². The molecule has 6 heteroatoms. The number of nitrogens with zero attached hydrogens (tertiary/aromatic N) is 4. The van der Waals surface area contributed by atoms with Gasteiger partial charge in [-0.25, -0.2) is 15.0 Å². The standard InChI is InChI=1S/C51H30N4OS/c1-2-12-31(13-3-1)49-52-50(33-14-10-15-35(28-33)55-43-21-7-4-16-37(43)38-17-5-8-22-44(38)55)54-51(53-49)34-24-26-39-42-29-32(25-27-45(42)56-46(39)30-34)36-19-11-20-41-40-18-6-9-23-47(40)57-48(36)41/h1-30H. The molecule has 12 aromatic rings. The minimum Gasteiger partial charge on any atom is -0.456 e. The summed E-state index contributed by atoms with van der Waals surface area (Å²) in [6.45, 7) is 0. The first-order valence-electron chi connectivity index (χ1n) is 19.0. The maximum absolute atomic E-state index is 6.53. The highest BCUT2D eigenvalue weighted by molar-refractivity contribution is 7.26. The van der Waals surface area contributed by atoms with Gasteiger partial charge >= 0.3 is 0 Å². The molecule has 0 radical (unpaired) electrons. The molecule has 0 unspecified atom stereocenters. The van der Waals surface area contributed by atoms with Crippen LogP contribution in [0.5, 0.6) is 0 Å². The number of furan rings is 1. The van der Waals surface area contributed by atoms with E-state index in [-0.39, 0.29) is 0 Å². The molecule has 8 aromatic carbocycles. The molecule has 0 fully saturated rings. The van der Waals surface area contributed by atoms with E-state index in [9.17, 15) is 0 Å². The van der Waals surface area contributed by atoms with Crippen LogP contribution in [0.3, 0.4) is 0 Å². The molecule has 0 aliphatic carbocycles. The second-order valence-corrected chi connectivity index (χ2v) is 15.4. The molecular formula is C51H30N4OS. The largest absolute Gasteiger partial charge is 0.456 e. The first-order valence-corrected chi connectivity index (χ1v) is 19.8. The van der Waals surface area contributed by atoms with Gasteiger partial charge in [0, 0.05) is 64.1 Å². The summed E-state index contributed by atoms with van der Waals surface area (Å²) < 4.78 is 11.4. The number of fused-ring (bicyclic) bond motifs is 9. The van der Waals surface area contributed by atoms with Crippen LogP contribution >= 0.6 is 11.3 Å². The molecule has 0 spiro atoms. The van der Waals surface area contributed by atoms with Crippen molar-refractivity contribution in [1.82, 2.24) is 19.5 Å². The lowest BCUT2D eigenvalue weighted by atomic mass is 10.0. The number of hydrogen-bond donors (Lipinski definition) is 0. The molecule has 57 heavy (non-hydrogen) atoms. The lowest BCUT2D eigenvalue weighted by Gasteiger charge is -2.11. The van der Waals surface area contributed by atoms with Crippen molar-refractivity contribution in [3.8, 4) is 51.0 Å². The number of para-hydroxylation sites is 2. The summed E-state index contributed by atoms with van der Waals surface area (Å²) >= 11 is 1.85. The van der Waals surface area contributed by atoms with E-state index in [1.807, 2.05) is 41.7 Å². The first kappa shape index (κ1) is 31.9. The highest BCUT2D eigenvalue weighted by Gasteiger charge is 2.18. The van der Waals surface area contributed by atoms with E-state index in [2.05, 4.69) is 156 Å². The maximum atomic E-state index is 6.53. The van der Waals surface area contributed by atoms with Gasteiger partial charge in [-0.2, -0.15) is 0 Å². The first-order chi connectivity index (χ1) is 28.2. The smallest absolute Gasteiger partial charge is 0.164 e. The monoisotopic (exact) mass is 746 g/mol. The molecule has 0 saturated carbocycles. The molecule has 0 N–H and O–H groups in total. The quantitative estimate of drug-likeness (QED) is 0.176. The summed E-state index contributed by atoms with van der Waals surface area (Å²) in [6.07, 6.45) is 0. The van der Waals surface area contributed by atoms with Gasteiger partial charge in [-0.1, -0.05) is 127 Å². The Labute approximate surface area is 330 Å². The Balaban J connectivity index is 0.984. The molecular weight excluding hydrogens is 717 g/mol. The highest BCUT2D eigenvalue weighted by Crippen LogP contribution is 2.42. The Bertz CT molecular complexity index is 3490. The van der Waals surface area contributed by atoms with Crippen molar-refractivity contribution < 1.29 is 4.42 Å². The van der Waals surface area contributed by atoms with Gasteiger partial charge in [0.15, 0.2) is 17.5 Å². The lowest BCUT2D eigenvalue weighted by molar-refractivity contribution is 0.669. The minimum absolute atomic E-state index is 0.584. The number of benzene rings is 8. The van der Waals surface area contributed by atoms with Gasteiger partial charge < -0.3 is 8.98 Å². The van der Waals surface area contributed by atoms with Gasteiger partial charge in [-0.15, -0.1) is 11.3 Å². The van der Waals surface area contributed by atoms with E-state index in [1.165, 1.54) is 42.1 Å². The molecule has 0 saturated heterocycles. The zero-order valence-electron chi connectivity index (χ0n) is 30.4. The van der Waals surface area contributed by atoms with Crippen LogP contribution in [-0.4, -0.2) is 19.5 Å². The van der Waals surface area contributed by atoms with Crippen LogP contribution < -0.4 is 0 Å². The third-order valence-corrected chi connectivity index (χ3v) is 12.3. The average Bonchev–Trinajstić information content (AvgIpc) is 3.96. The lowest BCUT2D eigenvalue weighted by Crippen LogP contribution is -2.01. The van der Waals surface area contributed by atoms with E-state index in [1.54, 1.807) is 0 Å². The third-order valence-electron chi connectivity index (χ3n) is 11.1. The van der Waals surface area contributed by atoms with Gasteiger partial charge in [-0.05, 0) is 65.7 Å². The second-order valence-electron chi connectivity index (χ2n) is 14.4. The molecule has 4 aromatic heterocycles. The topological polar surface area (TPSA) is 56.7 Å². The SMILES string of the molecule is c1ccc(-c2nc(-c3cccc(-n4c5ccccc5c5ccccc54)c3)nc(-c3ccc4c(c3)oc3ccc(-c5cccc6c5sc5ccccc56)cc34)n2)cc1. The second kappa shape index (κ2) is 12.6. The van der Waals surface area contributed by atoms with Crippen LogP contribution in [0.1, 0.15) is 0 Å². The third kappa shape index (κ3) is 5.12. The summed E-state index contributed by atoms with van der Waals surface area (Å²) in [5, 5.41) is 7.16. The van der Waals surface area contributed by atoms with Crippen LogP contribution in [0.25, 0.3) is 115 Å². The van der Waals surface area contributed by atoms with Crippen molar-refractivity contribution in [3.05, 3.63) is 182 Å². The highest BCUT2D eigenvalue weighted by atomic mass is 32.1. The maximum Gasteiger partial charge on any atom is 0.164 e. The Kier molecular flexibility index (Phi) is 7.03. The molecule has 12 rings (SSSR count). The molecule has 0 bridgehead atoms. The number of rotatable bonds is 5. The molecule has 4 heterocycles. The van der Waals surface area contributed by atoms with Gasteiger partial charge in [0.05, 0.1) is 11.0 Å². The van der Waals surface area contributed by atoms with Crippen molar-refractivity contribution in [2.24, 2.45) is 0 Å². The van der Waals surface area contributed by atoms with Crippen LogP contribution in [-0.2, 0) is 0 Å². The number of thiophene rings is 1. The predicted octanol–water partition coefficient (Wildman–Crippen LogP) is 13.9. The summed E-state index contributed by atoms with van der Waals surface area (Å²) in [4.78, 5) is 15.2. The average molecular weight is 747 g/mol. The van der Waals surface area contributed by atoms with Crippen molar-refractivity contribution in [2.45, 2.75) is 0 Å². The van der Waals surface area contributed by atoms with Crippen molar-refractivity contribution in [1.29, 1.82) is 0 Å². The minimum atomic E-state index is 0.584. The fourth-order valence-electron chi connectivity index (χ4n) is 8.39. The zero-order chi connectivity index (χ0) is 37.5. The summed E-state index contributed by atoms with van der Waals surface area (Å²) in [6, 6.07) is 63.8. The van der Waals surface area contributed by atoms with Crippen molar-refractivity contribution in [2.75, 3.05) is 0 Å². The summed E-state index contributed by atoms with van der Waals surface area (Å²) in [5.41, 5.74) is 10.1. The fourth-order valence-corrected chi connectivity index (χ4v) is 9.63. The molecule has 0 aliphatic rings. The van der Waals surface area contributed by atoms with Gasteiger partial charge in [0.1, 0.15) is 11.2 Å². The Hall–Kier alpha value is -7.41. The Morgan fingerprint density at radius 1 is 0.386 bits per heavy atom. The van der Waals surface area contributed by atoms with Crippen LogP contribution in [0.15, 0.2) is 186 Å². The van der Waals surface area contributed by atoms with Gasteiger partial charge in [-0.3, -0.25) is 0 Å². The number of aromatic nitrogens is 4. The van der Waals surface area contributed by atoms with Crippen LogP contribution in [0.2, 0.25) is 0 Å². The fraction of sp³-hybridized carbons (Fsp3) is 0. The molecule has 266 valence electrons. The van der Waals surface area contributed by atoms with E-state index in [4.69, 9.17) is 19.4 Å². The van der Waals surface area contributed by atoms with Crippen LogP contribution in [0.4, 0.5) is 0 Å². The van der Waals surface area contributed by atoms with Gasteiger partial charge in [0.2, 0.25) is 0 Å². The normalized spacial score (nSPS) is 11.9. The van der Waals surface area contributed by atoms with Crippen LogP contribution in [0, 0.1) is 0 Å². The summed E-state index contributed by atoms with van der Waals surface area (Å²) in [7, 11) is 0. The molecule has 0 amide bonds. The number of hydrogen-bond acceptors (Lipinski definition) is 5. The summed E-state index contributed by atoms with van der Waals surface area (Å²) in [5.74, 6) is 1.80. The molecule has 0 aliphatic heterocycles. The van der Waals surface area contributed by atoms with Crippen molar-refractivity contribution >= 4 is 75.3 Å². The van der Waals surface area contributed by atoms with E-state index in [0.717, 1.165) is 55.3 Å². The zero-order valence-corrected chi connectivity index (χ0v) is 31.2. The van der Waals surface area contributed by atoms with E-state index < -0.39 is 0 Å². The van der Waals surface area contributed by atoms with E-state index >= 15 is 0 Å². The molecule has 5 nitrogen and oxygen atoms in total. The van der Waals surface area contributed by atoms with Gasteiger partial charge in [0.25, 0.3) is 0 Å². The Morgan fingerprint density at radius 2 is 1.00 bits per heavy atom.